The van der Waals surface area contributed by atoms with Crippen LogP contribution in [0.2, 0.25) is 0 Å². The Morgan fingerprint density at radius 2 is 2.06 bits per heavy atom. The lowest BCUT2D eigenvalue weighted by Gasteiger charge is -2.11. The molecule has 0 aliphatic rings. The average molecular weight is 222 g/mol. The SMILES string of the molecule is CCC(C)OC(=O)NCc1ccc(N)cc1. The Morgan fingerprint density at radius 3 is 2.62 bits per heavy atom. The zero-order valence-corrected chi connectivity index (χ0v) is 9.69. The van der Waals surface area contributed by atoms with E-state index < -0.39 is 0 Å². The Kier molecular flexibility index (Phi) is 4.64. The molecule has 1 aromatic rings. The molecule has 1 aromatic carbocycles. The van der Waals surface area contributed by atoms with Crippen molar-refractivity contribution in [1.29, 1.82) is 0 Å². The number of alkyl carbamates (subject to hydrolysis) is 1. The number of carbonyl (C=O) groups excluding carboxylic acids is 1. The molecule has 0 saturated heterocycles. The molecule has 0 fully saturated rings. The summed E-state index contributed by atoms with van der Waals surface area (Å²) in [4.78, 5) is 11.3. The summed E-state index contributed by atoms with van der Waals surface area (Å²) in [7, 11) is 0. The summed E-state index contributed by atoms with van der Waals surface area (Å²) < 4.78 is 5.07. The van der Waals surface area contributed by atoms with E-state index >= 15 is 0 Å². The molecule has 16 heavy (non-hydrogen) atoms. The van der Waals surface area contributed by atoms with Crippen molar-refractivity contribution in [2.45, 2.75) is 32.9 Å². The summed E-state index contributed by atoms with van der Waals surface area (Å²) in [6.45, 7) is 4.29. The highest BCUT2D eigenvalue weighted by Gasteiger charge is 2.06. The van der Waals surface area contributed by atoms with Gasteiger partial charge in [0.15, 0.2) is 0 Å². The van der Waals surface area contributed by atoms with Gasteiger partial charge in [0.25, 0.3) is 0 Å². The van der Waals surface area contributed by atoms with Crippen LogP contribution in [-0.2, 0) is 11.3 Å². The normalized spacial score (nSPS) is 11.9. The van der Waals surface area contributed by atoms with Crippen molar-refractivity contribution >= 4 is 11.8 Å². The number of amides is 1. The fourth-order valence-corrected chi connectivity index (χ4v) is 1.12. The smallest absolute Gasteiger partial charge is 0.407 e. The van der Waals surface area contributed by atoms with E-state index in [4.69, 9.17) is 10.5 Å². The molecule has 4 nitrogen and oxygen atoms in total. The van der Waals surface area contributed by atoms with Gasteiger partial charge in [-0.15, -0.1) is 0 Å². The Morgan fingerprint density at radius 1 is 1.44 bits per heavy atom. The number of anilines is 1. The van der Waals surface area contributed by atoms with Gasteiger partial charge in [-0.2, -0.15) is 0 Å². The Hall–Kier alpha value is -1.71. The van der Waals surface area contributed by atoms with E-state index in [-0.39, 0.29) is 12.2 Å². The quantitative estimate of drug-likeness (QED) is 0.768. The van der Waals surface area contributed by atoms with Gasteiger partial charge < -0.3 is 15.8 Å². The minimum Gasteiger partial charge on any atom is -0.447 e. The van der Waals surface area contributed by atoms with Gasteiger partial charge in [0.2, 0.25) is 0 Å². The van der Waals surface area contributed by atoms with Crippen molar-refractivity contribution < 1.29 is 9.53 Å². The summed E-state index contributed by atoms with van der Waals surface area (Å²) in [5.41, 5.74) is 7.26. The molecule has 1 rings (SSSR count). The van der Waals surface area contributed by atoms with Crippen LogP contribution in [0.25, 0.3) is 0 Å². The summed E-state index contributed by atoms with van der Waals surface area (Å²) >= 11 is 0. The van der Waals surface area contributed by atoms with Gasteiger partial charge in [0.05, 0.1) is 0 Å². The predicted octanol–water partition coefficient (Wildman–Crippen LogP) is 2.29. The molecule has 0 radical (unpaired) electrons. The van der Waals surface area contributed by atoms with Gasteiger partial charge in [-0.05, 0) is 31.0 Å². The fourth-order valence-electron chi connectivity index (χ4n) is 1.12. The molecule has 0 aromatic heterocycles. The number of nitrogens with two attached hydrogens (primary N) is 1. The van der Waals surface area contributed by atoms with Crippen LogP contribution in [0, 0.1) is 0 Å². The van der Waals surface area contributed by atoms with Crippen molar-refractivity contribution in [1.82, 2.24) is 5.32 Å². The zero-order valence-electron chi connectivity index (χ0n) is 9.69. The van der Waals surface area contributed by atoms with Gasteiger partial charge >= 0.3 is 6.09 Å². The highest BCUT2D eigenvalue weighted by atomic mass is 16.6. The van der Waals surface area contributed by atoms with Gasteiger partial charge in [0, 0.05) is 12.2 Å². The molecule has 88 valence electrons. The van der Waals surface area contributed by atoms with E-state index in [1.807, 2.05) is 26.0 Å². The van der Waals surface area contributed by atoms with Crippen molar-refractivity contribution in [2.75, 3.05) is 5.73 Å². The minimum atomic E-state index is -0.383. The maximum atomic E-state index is 11.3. The van der Waals surface area contributed by atoms with E-state index in [1.54, 1.807) is 12.1 Å². The largest absolute Gasteiger partial charge is 0.447 e. The Bertz CT molecular complexity index is 335. The van der Waals surface area contributed by atoms with Gasteiger partial charge in [0.1, 0.15) is 6.10 Å². The first-order chi connectivity index (χ1) is 7.61. The first-order valence-corrected chi connectivity index (χ1v) is 5.40. The van der Waals surface area contributed by atoms with Crippen LogP contribution < -0.4 is 11.1 Å². The van der Waals surface area contributed by atoms with Crippen LogP contribution in [0.3, 0.4) is 0 Å². The van der Waals surface area contributed by atoms with Crippen LogP contribution in [0.5, 0.6) is 0 Å². The number of nitrogen functional groups attached to an aromatic ring is 1. The highest BCUT2D eigenvalue weighted by molar-refractivity contribution is 5.67. The molecule has 1 unspecified atom stereocenters. The van der Waals surface area contributed by atoms with E-state index in [0.717, 1.165) is 12.0 Å². The van der Waals surface area contributed by atoms with Gasteiger partial charge in [-0.3, -0.25) is 0 Å². The van der Waals surface area contributed by atoms with Crippen LogP contribution in [-0.4, -0.2) is 12.2 Å². The summed E-state index contributed by atoms with van der Waals surface area (Å²) in [6.07, 6.45) is 0.382. The molecular weight excluding hydrogens is 204 g/mol. The number of nitrogens with one attached hydrogen (secondary N) is 1. The van der Waals surface area contributed by atoms with Crippen molar-refractivity contribution in [2.24, 2.45) is 0 Å². The Balaban J connectivity index is 2.34. The second kappa shape index (κ2) is 6.00. The topological polar surface area (TPSA) is 64.3 Å². The molecule has 0 bridgehead atoms. The maximum absolute atomic E-state index is 11.3. The Labute approximate surface area is 95.8 Å². The molecule has 0 aliphatic carbocycles. The number of hydrogen-bond acceptors (Lipinski definition) is 3. The van der Waals surface area contributed by atoms with E-state index in [9.17, 15) is 4.79 Å². The second-order valence-corrected chi connectivity index (χ2v) is 3.72. The van der Waals surface area contributed by atoms with Crippen molar-refractivity contribution in [3.05, 3.63) is 29.8 Å². The molecule has 3 N–H and O–H groups in total. The second-order valence-electron chi connectivity index (χ2n) is 3.72. The average Bonchev–Trinajstić information content (AvgIpc) is 2.28. The molecule has 0 aliphatic heterocycles. The van der Waals surface area contributed by atoms with E-state index in [2.05, 4.69) is 5.32 Å². The van der Waals surface area contributed by atoms with E-state index in [1.165, 1.54) is 0 Å². The third kappa shape index (κ3) is 4.21. The number of benzene rings is 1. The number of rotatable bonds is 4. The minimum absolute atomic E-state index is 0.0496. The first-order valence-electron chi connectivity index (χ1n) is 5.40. The standard InChI is InChI=1S/C12H18N2O2/c1-3-9(2)16-12(15)14-8-10-4-6-11(13)7-5-10/h4-7,9H,3,8,13H2,1-2H3,(H,14,15). The molecule has 0 spiro atoms. The summed E-state index contributed by atoms with van der Waals surface area (Å²) in [5.74, 6) is 0. The first kappa shape index (κ1) is 12.4. The molecular formula is C12H18N2O2. The van der Waals surface area contributed by atoms with Crippen LogP contribution in [0.4, 0.5) is 10.5 Å². The monoisotopic (exact) mass is 222 g/mol. The van der Waals surface area contributed by atoms with Crippen LogP contribution in [0.15, 0.2) is 24.3 Å². The molecule has 1 atom stereocenters. The molecule has 4 heteroatoms. The van der Waals surface area contributed by atoms with Crippen molar-refractivity contribution in [3.63, 3.8) is 0 Å². The van der Waals surface area contributed by atoms with Crippen LogP contribution >= 0.6 is 0 Å². The predicted molar refractivity (Wildman–Crippen MR) is 63.9 cm³/mol. The zero-order chi connectivity index (χ0) is 12.0. The molecule has 1 amide bonds. The van der Waals surface area contributed by atoms with Crippen molar-refractivity contribution in [3.8, 4) is 0 Å². The maximum Gasteiger partial charge on any atom is 0.407 e. The van der Waals surface area contributed by atoms with Crippen LogP contribution in [0.1, 0.15) is 25.8 Å². The molecule has 0 heterocycles. The number of carbonyl (C=O) groups is 1. The lowest BCUT2D eigenvalue weighted by Crippen LogP contribution is -2.27. The number of hydrogen-bond donors (Lipinski definition) is 2. The van der Waals surface area contributed by atoms with Gasteiger partial charge in [-0.25, -0.2) is 4.79 Å². The third-order valence-electron chi connectivity index (χ3n) is 2.30. The fraction of sp³-hybridized carbons (Fsp3) is 0.417. The summed E-state index contributed by atoms with van der Waals surface area (Å²) in [6, 6.07) is 7.35. The highest BCUT2D eigenvalue weighted by Crippen LogP contribution is 2.05. The van der Waals surface area contributed by atoms with E-state index in [0.29, 0.717) is 12.2 Å². The van der Waals surface area contributed by atoms with Gasteiger partial charge in [-0.1, -0.05) is 19.1 Å². The number of ether oxygens (including phenoxy) is 1. The lowest BCUT2D eigenvalue weighted by atomic mass is 10.2. The lowest BCUT2D eigenvalue weighted by molar-refractivity contribution is 0.104. The third-order valence-corrected chi connectivity index (χ3v) is 2.30. The molecule has 0 saturated carbocycles. The summed E-state index contributed by atoms with van der Waals surface area (Å²) in [5, 5.41) is 2.68.